The lowest BCUT2D eigenvalue weighted by atomic mass is 10.1. The Hall–Kier alpha value is -0.340. The third-order valence-electron chi connectivity index (χ3n) is 1.94. The van der Waals surface area contributed by atoms with Crippen LogP contribution >= 0.6 is 15.9 Å². The molecule has 90 valence electrons. The summed E-state index contributed by atoms with van der Waals surface area (Å²) in [4.78, 5) is 10.8. The van der Waals surface area contributed by atoms with Gasteiger partial charge in [-0.2, -0.15) is 12.7 Å². The molecular weight excluding hydrogens is 288 g/mol. The molecule has 0 aromatic rings. The quantitative estimate of drug-likeness (QED) is 0.775. The summed E-state index contributed by atoms with van der Waals surface area (Å²) in [6.07, 6.45) is -1.01. The fourth-order valence-corrected chi connectivity index (χ4v) is 2.31. The van der Waals surface area contributed by atoms with Gasteiger partial charge >= 0.3 is 16.3 Å². The Morgan fingerprint density at radius 1 is 1.53 bits per heavy atom. The van der Waals surface area contributed by atoms with Gasteiger partial charge in [0.2, 0.25) is 0 Å². The van der Waals surface area contributed by atoms with E-state index in [0.29, 0.717) is 5.33 Å². The van der Waals surface area contributed by atoms with E-state index in [9.17, 15) is 13.2 Å². The van der Waals surface area contributed by atoms with Crippen LogP contribution in [-0.2, 0) is 14.9 Å². The largest absolute Gasteiger partial charge is 0.452 e. The molecule has 0 spiro atoms. The molecule has 8 heteroatoms. The van der Waals surface area contributed by atoms with Gasteiger partial charge in [0.15, 0.2) is 0 Å². The van der Waals surface area contributed by atoms with E-state index >= 15 is 0 Å². The highest BCUT2D eigenvalue weighted by Crippen LogP contribution is 2.17. The van der Waals surface area contributed by atoms with E-state index < -0.39 is 21.8 Å². The molecule has 0 aromatic carbocycles. The molecule has 0 unspecified atom stereocenters. The standard InChI is InChI=1S/C7H15BrN2O4S/c1-7(2,5-8)10(3)15(12,13)9-6(11)14-4/h5H2,1-4H3,(H,9,11). The Morgan fingerprint density at radius 3 is 2.33 bits per heavy atom. The zero-order valence-electron chi connectivity index (χ0n) is 9.07. The van der Waals surface area contributed by atoms with Gasteiger partial charge in [-0.3, -0.25) is 0 Å². The van der Waals surface area contributed by atoms with Crippen LogP contribution in [0.1, 0.15) is 13.8 Å². The number of hydrogen-bond acceptors (Lipinski definition) is 4. The number of halogens is 1. The molecule has 0 heterocycles. The van der Waals surface area contributed by atoms with Crippen LogP contribution in [0.5, 0.6) is 0 Å². The van der Waals surface area contributed by atoms with Crippen molar-refractivity contribution in [2.75, 3.05) is 19.5 Å². The molecule has 15 heavy (non-hydrogen) atoms. The number of nitrogens with zero attached hydrogens (tertiary/aromatic N) is 1. The van der Waals surface area contributed by atoms with Crippen LogP contribution in [0.2, 0.25) is 0 Å². The SMILES string of the molecule is COC(=O)NS(=O)(=O)N(C)C(C)(C)CBr. The molecule has 0 bridgehead atoms. The first-order valence-corrected chi connectivity index (χ1v) is 6.64. The molecule has 0 saturated carbocycles. The van der Waals surface area contributed by atoms with Crippen LogP contribution in [0.3, 0.4) is 0 Å². The summed E-state index contributed by atoms with van der Waals surface area (Å²) in [7, 11) is -1.38. The highest BCUT2D eigenvalue weighted by Gasteiger charge is 2.33. The van der Waals surface area contributed by atoms with Gasteiger partial charge < -0.3 is 4.74 Å². The second kappa shape index (κ2) is 5.13. The maximum Gasteiger partial charge on any atom is 0.421 e. The van der Waals surface area contributed by atoms with Crippen molar-refractivity contribution in [1.82, 2.24) is 9.03 Å². The van der Waals surface area contributed by atoms with Gasteiger partial charge in [-0.1, -0.05) is 15.9 Å². The maximum absolute atomic E-state index is 11.6. The van der Waals surface area contributed by atoms with Crippen LogP contribution in [-0.4, -0.2) is 43.8 Å². The van der Waals surface area contributed by atoms with Crippen molar-refractivity contribution in [3.8, 4) is 0 Å². The molecule has 0 aliphatic heterocycles. The predicted octanol–water partition coefficient (Wildman–Crippen LogP) is 0.692. The molecule has 0 aliphatic rings. The van der Waals surface area contributed by atoms with Crippen molar-refractivity contribution in [1.29, 1.82) is 0 Å². The molecule has 6 nitrogen and oxygen atoms in total. The van der Waals surface area contributed by atoms with Crippen molar-refractivity contribution < 1.29 is 17.9 Å². The first-order chi connectivity index (χ1) is 6.67. The monoisotopic (exact) mass is 302 g/mol. The summed E-state index contributed by atoms with van der Waals surface area (Å²) < 4.78 is 30.2. The molecule has 1 N–H and O–H groups in total. The van der Waals surface area contributed by atoms with Crippen molar-refractivity contribution in [3.05, 3.63) is 0 Å². The Balaban J connectivity index is 4.82. The van der Waals surface area contributed by atoms with E-state index in [1.165, 1.54) is 7.05 Å². The highest BCUT2D eigenvalue weighted by molar-refractivity contribution is 9.09. The number of rotatable bonds is 4. The summed E-state index contributed by atoms with van der Waals surface area (Å²) >= 11 is 3.20. The first kappa shape index (κ1) is 14.7. The molecule has 0 aliphatic carbocycles. The summed E-state index contributed by atoms with van der Waals surface area (Å²) in [6, 6.07) is 0. The van der Waals surface area contributed by atoms with Crippen LogP contribution in [0.4, 0.5) is 4.79 Å². The second-order valence-electron chi connectivity index (χ2n) is 3.51. The number of amides is 1. The van der Waals surface area contributed by atoms with Crippen LogP contribution in [0.15, 0.2) is 0 Å². The third-order valence-corrected chi connectivity index (χ3v) is 4.95. The fourth-order valence-electron chi connectivity index (χ4n) is 0.625. The Bertz CT molecular complexity index is 328. The smallest absolute Gasteiger partial charge is 0.421 e. The molecule has 0 atom stereocenters. The summed E-state index contributed by atoms with van der Waals surface area (Å²) in [5.74, 6) is 0. The Labute approximate surface area is 98.3 Å². The zero-order valence-corrected chi connectivity index (χ0v) is 11.5. The second-order valence-corrected chi connectivity index (χ2v) is 5.77. The Kier molecular flexibility index (Phi) is 5.01. The van der Waals surface area contributed by atoms with E-state index in [1.807, 2.05) is 0 Å². The minimum Gasteiger partial charge on any atom is -0.452 e. The van der Waals surface area contributed by atoms with Gasteiger partial charge in [-0.05, 0) is 13.8 Å². The van der Waals surface area contributed by atoms with Gasteiger partial charge in [0, 0.05) is 17.9 Å². The molecule has 0 rings (SSSR count). The van der Waals surface area contributed by atoms with Gasteiger partial charge in [0.05, 0.1) is 7.11 Å². The van der Waals surface area contributed by atoms with E-state index in [0.717, 1.165) is 11.4 Å². The minimum absolute atomic E-state index is 0.443. The maximum atomic E-state index is 11.6. The lowest BCUT2D eigenvalue weighted by Gasteiger charge is -2.32. The number of carbonyl (C=O) groups excluding carboxylic acids is 1. The number of ether oxygens (including phenoxy) is 1. The molecule has 0 radical (unpaired) electrons. The predicted molar refractivity (Wildman–Crippen MR) is 60.1 cm³/mol. The summed E-state index contributed by atoms with van der Waals surface area (Å²) in [6.45, 7) is 3.44. The van der Waals surface area contributed by atoms with Crippen LogP contribution < -0.4 is 4.72 Å². The number of alkyl halides is 1. The normalized spacial score (nSPS) is 12.7. The molecule has 0 aromatic heterocycles. The Morgan fingerprint density at radius 2 is 2.00 bits per heavy atom. The van der Waals surface area contributed by atoms with E-state index in [4.69, 9.17) is 0 Å². The third kappa shape index (κ3) is 3.96. The van der Waals surface area contributed by atoms with Gasteiger partial charge in [-0.25, -0.2) is 9.52 Å². The van der Waals surface area contributed by atoms with Gasteiger partial charge in [0.25, 0.3) is 0 Å². The highest BCUT2D eigenvalue weighted by atomic mass is 79.9. The molecule has 1 amide bonds. The van der Waals surface area contributed by atoms with Crippen LogP contribution in [0, 0.1) is 0 Å². The topological polar surface area (TPSA) is 75.7 Å². The number of hydrogen-bond donors (Lipinski definition) is 1. The molecule has 0 saturated heterocycles. The lowest BCUT2D eigenvalue weighted by Crippen LogP contribution is -2.52. The van der Waals surface area contributed by atoms with Gasteiger partial charge in [-0.15, -0.1) is 0 Å². The molecule has 0 fully saturated rings. The average molecular weight is 303 g/mol. The molecular formula is C7H15BrN2O4S. The van der Waals surface area contributed by atoms with Crippen LogP contribution in [0.25, 0.3) is 0 Å². The van der Waals surface area contributed by atoms with Crippen molar-refractivity contribution in [3.63, 3.8) is 0 Å². The van der Waals surface area contributed by atoms with Gasteiger partial charge in [0.1, 0.15) is 0 Å². The summed E-state index contributed by atoms with van der Waals surface area (Å²) in [5, 5.41) is 0.443. The fraction of sp³-hybridized carbons (Fsp3) is 0.857. The summed E-state index contributed by atoms with van der Waals surface area (Å²) in [5.41, 5.74) is -0.639. The number of nitrogens with one attached hydrogen (secondary N) is 1. The minimum atomic E-state index is -3.86. The van der Waals surface area contributed by atoms with E-state index in [-0.39, 0.29) is 0 Å². The van der Waals surface area contributed by atoms with Crippen molar-refractivity contribution >= 4 is 32.2 Å². The lowest BCUT2D eigenvalue weighted by molar-refractivity contribution is 0.176. The van der Waals surface area contributed by atoms with E-state index in [2.05, 4.69) is 20.7 Å². The van der Waals surface area contributed by atoms with Crippen molar-refractivity contribution in [2.24, 2.45) is 0 Å². The number of carbonyl (C=O) groups is 1. The zero-order chi connectivity index (χ0) is 12.3. The van der Waals surface area contributed by atoms with E-state index in [1.54, 1.807) is 18.6 Å². The average Bonchev–Trinajstić information content (AvgIpc) is 2.15. The number of methoxy groups -OCH3 is 1. The van der Waals surface area contributed by atoms with Crippen molar-refractivity contribution in [2.45, 2.75) is 19.4 Å². The first-order valence-electron chi connectivity index (χ1n) is 4.08.